The number of carbonyl (C=O) groups is 1. The van der Waals surface area contributed by atoms with E-state index in [1.54, 1.807) is 0 Å². The number of nitrogens with one attached hydrogen (secondary N) is 1. The first-order valence-corrected chi connectivity index (χ1v) is 8.05. The summed E-state index contributed by atoms with van der Waals surface area (Å²) in [5.41, 5.74) is 0.838. The highest BCUT2D eigenvalue weighted by Crippen LogP contribution is 2.18. The lowest BCUT2D eigenvalue weighted by atomic mass is 10.0. The average Bonchev–Trinajstić information content (AvgIpc) is 2.41. The summed E-state index contributed by atoms with van der Waals surface area (Å²) in [6.07, 6.45) is 0.972. The molecule has 5 heteroatoms. The van der Waals surface area contributed by atoms with Crippen molar-refractivity contribution in [2.45, 2.75) is 26.3 Å². The molecule has 1 N–H and O–H groups in total. The summed E-state index contributed by atoms with van der Waals surface area (Å²) in [4.78, 5) is 14.3. The van der Waals surface area contributed by atoms with Crippen LogP contribution in [-0.2, 0) is 4.74 Å². The van der Waals surface area contributed by atoms with E-state index in [1.165, 1.54) is 0 Å². The van der Waals surface area contributed by atoms with Crippen molar-refractivity contribution >= 4 is 34.3 Å². The highest BCUT2D eigenvalue weighted by Gasteiger charge is 2.27. The SMILES string of the molecule is CC(C)CC1COCCN1C(=O)Nc1ccc(I)cc1. The molecular weight excluding hydrogens is 367 g/mol. The van der Waals surface area contributed by atoms with Crippen LogP contribution in [0.2, 0.25) is 0 Å². The Bertz CT molecular complexity index is 448. The lowest BCUT2D eigenvalue weighted by Gasteiger charge is -2.36. The minimum absolute atomic E-state index is 0.0276. The minimum Gasteiger partial charge on any atom is -0.377 e. The average molecular weight is 388 g/mol. The first-order valence-electron chi connectivity index (χ1n) is 6.97. The fraction of sp³-hybridized carbons (Fsp3) is 0.533. The largest absolute Gasteiger partial charge is 0.377 e. The Morgan fingerprint density at radius 3 is 2.80 bits per heavy atom. The topological polar surface area (TPSA) is 41.6 Å². The molecule has 1 aromatic rings. The van der Waals surface area contributed by atoms with Gasteiger partial charge in [0, 0.05) is 15.8 Å². The van der Waals surface area contributed by atoms with Gasteiger partial charge in [-0.25, -0.2) is 4.79 Å². The summed E-state index contributed by atoms with van der Waals surface area (Å²) in [5, 5.41) is 2.97. The molecule has 1 aliphatic heterocycles. The second kappa shape index (κ2) is 7.26. The van der Waals surface area contributed by atoms with Crippen LogP contribution >= 0.6 is 22.6 Å². The lowest BCUT2D eigenvalue weighted by molar-refractivity contribution is 0.00857. The second-order valence-electron chi connectivity index (χ2n) is 5.49. The molecule has 0 spiro atoms. The highest BCUT2D eigenvalue weighted by molar-refractivity contribution is 14.1. The Morgan fingerprint density at radius 2 is 2.15 bits per heavy atom. The van der Waals surface area contributed by atoms with E-state index in [9.17, 15) is 4.79 Å². The Kier molecular flexibility index (Phi) is 5.65. The summed E-state index contributed by atoms with van der Waals surface area (Å²) < 4.78 is 6.66. The summed E-state index contributed by atoms with van der Waals surface area (Å²) >= 11 is 2.25. The Hall–Kier alpha value is -0.820. The maximum atomic E-state index is 12.4. The molecule has 1 atom stereocenters. The second-order valence-corrected chi connectivity index (χ2v) is 6.73. The zero-order valence-corrected chi connectivity index (χ0v) is 14.1. The standard InChI is InChI=1S/C15H21IN2O2/c1-11(2)9-14-10-20-8-7-18(14)15(19)17-13-5-3-12(16)4-6-13/h3-6,11,14H,7-10H2,1-2H3,(H,17,19). The van der Waals surface area contributed by atoms with Crippen LogP contribution < -0.4 is 5.32 Å². The number of urea groups is 1. The summed E-state index contributed by atoms with van der Waals surface area (Å²) in [6, 6.07) is 7.98. The Balaban J connectivity index is 2.00. The molecule has 1 saturated heterocycles. The predicted octanol–water partition coefficient (Wildman–Crippen LogP) is 3.57. The molecule has 4 nitrogen and oxygen atoms in total. The molecule has 1 aliphatic rings. The van der Waals surface area contributed by atoms with Crippen LogP contribution in [0.5, 0.6) is 0 Å². The molecule has 1 fully saturated rings. The third-order valence-corrected chi connectivity index (χ3v) is 4.05. The molecule has 2 amide bonds. The van der Waals surface area contributed by atoms with Crippen molar-refractivity contribution in [3.05, 3.63) is 27.8 Å². The molecule has 20 heavy (non-hydrogen) atoms. The molecule has 0 saturated carbocycles. The smallest absolute Gasteiger partial charge is 0.322 e. The quantitative estimate of drug-likeness (QED) is 0.805. The van der Waals surface area contributed by atoms with Crippen molar-refractivity contribution in [3.8, 4) is 0 Å². The van der Waals surface area contributed by atoms with Gasteiger partial charge in [-0.15, -0.1) is 0 Å². The third-order valence-electron chi connectivity index (χ3n) is 3.33. The van der Waals surface area contributed by atoms with E-state index in [0.29, 0.717) is 25.7 Å². The van der Waals surface area contributed by atoms with Gasteiger partial charge in [0.1, 0.15) is 0 Å². The van der Waals surface area contributed by atoms with E-state index in [2.05, 4.69) is 41.8 Å². The van der Waals surface area contributed by atoms with Gasteiger partial charge in [0.2, 0.25) is 0 Å². The van der Waals surface area contributed by atoms with Gasteiger partial charge in [-0.05, 0) is 59.2 Å². The van der Waals surface area contributed by atoms with E-state index < -0.39 is 0 Å². The molecule has 0 radical (unpaired) electrons. The van der Waals surface area contributed by atoms with Gasteiger partial charge < -0.3 is 15.0 Å². The van der Waals surface area contributed by atoms with Crippen molar-refractivity contribution in [1.82, 2.24) is 4.90 Å². The number of benzene rings is 1. The van der Waals surface area contributed by atoms with E-state index in [4.69, 9.17) is 4.74 Å². The zero-order valence-electron chi connectivity index (χ0n) is 11.9. The number of amides is 2. The Labute approximate surface area is 134 Å². The number of hydrogen-bond acceptors (Lipinski definition) is 2. The number of carbonyl (C=O) groups excluding carboxylic acids is 1. The monoisotopic (exact) mass is 388 g/mol. The molecule has 110 valence electrons. The number of morpholine rings is 1. The van der Waals surface area contributed by atoms with Crippen molar-refractivity contribution in [2.24, 2.45) is 5.92 Å². The van der Waals surface area contributed by atoms with Gasteiger partial charge in [-0.2, -0.15) is 0 Å². The number of hydrogen-bond donors (Lipinski definition) is 1. The highest BCUT2D eigenvalue weighted by atomic mass is 127. The van der Waals surface area contributed by atoms with Crippen LogP contribution in [0.4, 0.5) is 10.5 Å². The van der Waals surface area contributed by atoms with Gasteiger partial charge in [0.05, 0.1) is 19.3 Å². The minimum atomic E-state index is -0.0276. The zero-order chi connectivity index (χ0) is 14.5. The fourth-order valence-corrected chi connectivity index (χ4v) is 2.75. The van der Waals surface area contributed by atoms with Gasteiger partial charge >= 0.3 is 6.03 Å². The number of anilines is 1. The van der Waals surface area contributed by atoms with Gasteiger partial charge in [-0.1, -0.05) is 13.8 Å². The molecule has 1 heterocycles. The van der Waals surface area contributed by atoms with Gasteiger partial charge in [0.15, 0.2) is 0 Å². The molecule has 2 rings (SSSR count). The van der Waals surface area contributed by atoms with Crippen molar-refractivity contribution in [3.63, 3.8) is 0 Å². The number of rotatable bonds is 3. The maximum Gasteiger partial charge on any atom is 0.322 e. The van der Waals surface area contributed by atoms with E-state index in [0.717, 1.165) is 15.7 Å². The maximum absolute atomic E-state index is 12.4. The number of halogens is 1. The van der Waals surface area contributed by atoms with Crippen LogP contribution in [0.3, 0.4) is 0 Å². The van der Waals surface area contributed by atoms with E-state index in [-0.39, 0.29) is 12.1 Å². The van der Waals surface area contributed by atoms with E-state index >= 15 is 0 Å². The van der Waals surface area contributed by atoms with Crippen molar-refractivity contribution in [2.75, 3.05) is 25.1 Å². The first kappa shape index (κ1) is 15.6. The molecular formula is C15H21IN2O2. The fourth-order valence-electron chi connectivity index (χ4n) is 2.39. The van der Waals surface area contributed by atoms with Crippen LogP contribution in [0.25, 0.3) is 0 Å². The van der Waals surface area contributed by atoms with Crippen LogP contribution in [-0.4, -0.2) is 36.7 Å². The third kappa shape index (κ3) is 4.34. The summed E-state index contributed by atoms with van der Waals surface area (Å²) in [6.45, 7) is 6.26. The van der Waals surface area contributed by atoms with Gasteiger partial charge in [-0.3, -0.25) is 0 Å². The van der Waals surface area contributed by atoms with Crippen LogP contribution in [0, 0.1) is 9.49 Å². The Morgan fingerprint density at radius 1 is 1.45 bits per heavy atom. The molecule has 0 bridgehead atoms. The molecule has 0 aliphatic carbocycles. The number of ether oxygens (including phenoxy) is 1. The van der Waals surface area contributed by atoms with Gasteiger partial charge in [0.25, 0.3) is 0 Å². The normalized spacial score (nSPS) is 19.2. The van der Waals surface area contributed by atoms with Crippen molar-refractivity contribution < 1.29 is 9.53 Å². The van der Waals surface area contributed by atoms with Crippen molar-refractivity contribution in [1.29, 1.82) is 0 Å². The summed E-state index contributed by atoms with van der Waals surface area (Å²) in [7, 11) is 0. The predicted molar refractivity (Wildman–Crippen MR) is 88.9 cm³/mol. The summed E-state index contributed by atoms with van der Waals surface area (Å²) in [5.74, 6) is 0.551. The lowest BCUT2D eigenvalue weighted by Crippen LogP contribution is -2.50. The molecule has 1 unspecified atom stereocenters. The van der Waals surface area contributed by atoms with Crippen LogP contribution in [0.15, 0.2) is 24.3 Å². The first-order chi connectivity index (χ1) is 9.56. The molecule has 0 aromatic heterocycles. The van der Waals surface area contributed by atoms with Crippen LogP contribution in [0.1, 0.15) is 20.3 Å². The number of nitrogens with zero attached hydrogens (tertiary/aromatic N) is 1. The van der Waals surface area contributed by atoms with E-state index in [1.807, 2.05) is 29.2 Å². The molecule has 1 aromatic carbocycles.